The van der Waals surface area contributed by atoms with E-state index in [0.717, 1.165) is 36.1 Å². The Hall–Kier alpha value is -2.55. The number of nitrogens with zero attached hydrogens (tertiary/aromatic N) is 2. The van der Waals surface area contributed by atoms with E-state index in [2.05, 4.69) is 0 Å². The molecule has 0 aliphatic carbocycles. The monoisotopic (exact) mass is 396 g/mol. The van der Waals surface area contributed by atoms with Crippen LogP contribution in [-0.2, 0) is 9.84 Å². The van der Waals surface area contributed by atoms with E-state index in [4.69, 9.17) is 0 Å². The summed E-state index contributed by atoms with van der Waals surface area (Å²) in [7, 11) is -4.90. The Bertz CT molecular complexity index is 979. The number of alkyl halides is 2. The SMILES string of the molecule is Cc1cccc(C2CCCN2c2ccc(S(=O)(=O)C(F)F)cc2[N+](=O)[O-])c1. The number of nitro benzene ring substituents is 1. The smallest absolute Gasteiger partial charge is 0.341 e. The van der Waals surface area contributed by atoms with E-state index >= 15 is 0 Å². The normalized spacial score (nSPS) is 17.5. The van der Waals surface area contributed by atoms with Crippen molar-refractivity contribution < 1.29 is 22.1 Å². The molecule has 144 valence electrons. The highest BCUT2D eigenvalue weighted by molar-refractivity contribution is 7.91. The number of hydrogen-bond donors (Lipinski definition) is 0. The molecule has 1 unspecified atom stereocenters. The molecule has 2 aromatic carbocycles. The third kappa shape index (κ3) is 3.64. The van der Waals surface area contributed by atoms with E-state index < -0.39 is 31.1 Å². The molecule has 1 aliphatic heterocycles. The third-order valence-electron chi connectivity index (χ3n) is 4.70. The highest BCUT2D eigenvalue weighted by Crippen LogP contribution is 2.41. The van der Waals surface area contributed by atoms with Gasteiger partial charge in [0.2, 0.25) is 9.84 Å². The fraction of sp³-hybridized carbons (Fsp3) is 0.333. The number of halogens is 2. The topological polar surface area (TPSA) is 80.5 Å². The van der Waals surface area contributed by atoms with Crippen molar-refractivity contribution in [2.75, 3.05) is 11.4 Å². The van der Waals surface area contributed by atoms with Crippen molar-refractivity contribution in [3.8, 4) is 0 Å². The van der Waals surface area contributed by atoms with Crippen LogP contribution in [0.4, 0.5) is 20.2 Å². The van der Waals surface area contributed by atoms with Gasteiger partial charge in [-0.3, -0.25) is 10.1 Å². The maximum absolute atomic E-state index is 12.8. The zero-order chi connectivity index (χ0) is 19.8. The van der Waals surface area contributed by atoms with Crippen LogP contribution in [0.15, 0.2) is 47.4 Å². The molecule has 0 spiro atoms. The number of anilines is 1. The predicted octanol–water partition coefficient (Wildman–Crippen LogP) is 4.24. The molecule has 1 fully saturated rings. The quantitative estimate of drug-likeness (QED) is 0.558. The third-order valence-corrected chi connectivity index (χ3v) is 6.08. The molecular weight excluding hydrogens is 378 g/mol. The van der Waals surface area contributed by atoms with Crippen molar-refractivity contribution in [1.82, 2.24) is 0 Å². The summed E-state index contributed by atoms with van der Waals surface area (Å²) in [5, 5.41) is 11.5. The molecule has 0 bridgehead atoms. The molecule has 0 radical (unpaired) electrons. The summed E-state index contributed by atoms with van der Waals surface area (Å²) in [5.74, 6) is -3.63. The van der Waals surface area contributed by atoms with Gasteiger partial charge in [-0.1, -0.05) is 29.8 Å². The molecule has 0 amide bonds. The summed E-state index contributed by atoms with van der Waals surface area (Å²) < 4.78 is 48.9. The predicted molar refractivity (Wildman–Crippen MR) is 96.8 cm³/mol. The number of nitro groups is 1. The van der Waals surface area contributed by atoms with Crippen molar-refractivity contribution in [1.29, 1.82) is 0 Å². The Kier molecular flexibility index (Phi) is 5.14. The van der Waals surface area contributed by atoms with Gasteiger partial charge in [-0.15, -0.1) is 0 Å². The molecule has 6 nitrogen and oxygen atoms in total. The van der Waals surface area contributed by atoms with Crippen LogP contribution in [-0.4, -0.2) is 25.6 Å². The second-order valence-corrected chi connectivity index (χ2v) is 8.40. The average molecular weight is 396 g/mol. The first-order chi connectivity index (χ1) is 12.7. The van der Waals surface area contributed by atoms with Crippen LogP contribution < -0.4 is 4.90 Å². The fourth-order valence-corrected chi connectivity index (χ4v) is 4.19. The molecule has 0 saturated carbocycles. The van der Waals surface area contributed by atoms with E-state index in [1.165, 1.54) is 6.07 Å². The first-order valence-corrected chi connectivity index (χ1v) is 9.90. The van der Waals surface area contributed by atoms with Crippen LogP contribution in [0, 0.1) is 17.0 Å². The van der Waals surface area contributed by atoms with Crippen LogP contribution in [0.2, 0.25) is 0 Å². The molecule has 3 rings (SSSR count). The first-order valence-electron chi connectivity index (χ1n) is 8.35. The highest BCUT2D eigenvalue weighted by atomic mass is 32.2. The van der Waals surface area contributed by atoms with Crippen LogP contribution in [0.3, 0.4) is 0 Å². The molecule has 1 saturated heterocycles. The van der Waals surface area contributed by atoms with Gasteiger partial charge in [0.1, 0.15) is 5.69 Å². The second kappa shape index (κ2) is 7.22. The summed E-state index contributed by atoms with van der Waals surface area (Å²) in [4.78, 5) is 11.9. The maximum atomic E-state index is 12.8. The van der Waals surface area contributed by atoms with Gasteiger partial charge in [0.15, 0.2) is 0 Å². The second-order valence-electron chi connectivity index (χ2n) is 6.48. The molecule has 0 N–H and O–H groups in total. The Morgan fingerprint density at radius 3 is 2.59 bits per heavy atom. The highest BCUT2D eigenvalue weighted by Gasteiger charge is 2.34. The summed E-state index contributed by atoms with van der Waals surface area (Å²) in [6, 6.07) is 10.7. The number of hydrogen-bond acceptors (Lipinski definition) is 5. The zero-order valence-electron chi connectivity index (χ0n) is 14.5. The molecule has 1 atom stereocenters. The minimum Gasteiger partial charge on any atom is -0.359 e. The van der Waals surface area contributed by atoms with Gasteiger partial charge in [-0.05, 0) is 37.5 Å². The van der Waals surface area contributed by atoms with E-state index in [9.17, 15) is 27.3 Å². The zero-order valence-corrected chi connectivity index (χ0v) is 15.3. The largest absolute Gasteiger partial charge is 0.359 e. The summed E-state index contributed by atoms with van der Waals surface area (Å²) in [5.41, 5.74) is 1.81. The molecule has 1 heterocycles. The van der Waals surface area contributed by atoms with Crippen molar-refractivity contribution in [2.45, 2.75) is 36.5 Å². The first kappa shape index (κ1) is 19.2. The van der Waals surface area contributed by atoms with Gasteiger partial charge in [0.05, 0.1) is 15.9 Å². The van der Waals surface area contributed by atoms with Crippen LogP contribution in [0.5, 0.6) is 0 Å². The van der Waals surface area contributed by atoms with Crippen molar-refractivity contribution in [3.05, 3.63) is 63.7 Å². The number of aryl methyl sites for hydroxylation is 1. The van der Waals surface area contributed by atoms with E-state index in [1.54, 1.807) is 0 Å². The molecular formula is C18H18F2N2O4S. The number of sulfone groups is 1. The van der Waals surface area contributed by atoms with Crippen LogP contribution in [0.1, 0.15) is 30.0 Å². The lowest BCUT2D eigenvalue weighted by molar-refractivity contribution is -0.384. The van der Waals surface area contributed by atoms with Crippen molar-refractivity contribution in [2.24, 2.45) is 0 Å². The van der Waals surface area contributed by atoms with Gasteiger partial charge >= 0.3 is 5.76 Å². The van der Waals surface area contributed by atoms with Crippen molar-refractivity contribution in [3.63, 3.8) is 0 Å². The van der Waals surface area contributed by atoms with E-state index in [0.29, 0.717) is 6.54 Å². The summed E-state index contributed by atoms with van der Waals surface area (Å²) in [6.07, 6.45) is 1.60. The van der Waals surface area contributed by atoms with Gasteiger partial charge in [0.25, 0.3) is 5.69 Å². The Morgan fingerprint density at radius 1 is 1.22 bits per heavy atom. The number of rotatable bonds is 5. The minimum absolute atomic E-state index is 0.0962. The summed E-state index contributed by atoms with van der Waals surface area (Å²) in [6.45, 7) is 2.51. The van der Waals surface area contributed by atoms with Crippen molar-refractivity contribution >= 4 is 21.2 Å². The van der Waals surface area contributed by atoms with Crippen LogP contribution >= 0.6 is 0 Å². The fourth-order valence-electron chi connectivity index (χ4n) is 3.45. The molecule has 27 heavy (non-hydrogen) atoms. The van der Waals surface area contributed by atoms with Gasteiger partial charge in [0, 0.05) is 12.6 Å². The molecule has 0 aromatic heterocycles. The Morgan fingerprint density at radius 2 is 1.96 bits per heavy atom. The maximum Gasteiger partial charge on any atom is 0.341 e. The van der Waals surface area contributed by atoms with E-state index in [1.807, 2.05) is 36.1 Å². The minimum atomic E-state index is -4.90. The molecule has 2 aromatic rings. The lowest BCUT2D eigenvalue weighted by Gasteiger charge is -2.27. The summed E-state index contributed by atoms with van der Waals surface area (Å²) >= 11 is 0. The average Bonchev–Trinajstić information content (AvgIpc) is 3.10. The van der Waals surface area contributed by atoms with Gasteiger partial charge in [-0.2, -0.15) is 8.78 Å². The van der Waals surface area contributed by atoms with Gasteiger partial charge < -0.3 is 4.90 Å². The lowest BCUT2D eigenvalue weighted by atomic mass is 10.0. The Labute approximate surface area is 155 Å². The Balaban J connectivity index is 2.06. The van der Waals surface area contributed by atoms with Crippen LogP contribution in [0.25, 0.3) is 0 Å². The molecule has 9 heteroatoms. The number of benzene rings is 2. The molecule has 1 aliphatic rings. The lowest BCUT2D eigenvalue weighted by Crippen LogP contribution is -2.24. The van der Waals surface area contributed by atoms with Gasteiger partial charge in [-0.25, -0.2) is 8.42 Å². The standard InChI is InChI=1S/C18H18F2N2O4S/c1-12-4-2-5-13(10-12)15-6-3-9-21(15)16-8-7-14(11-17(16)22(23)24)27(25,26)18(19)20/h2,4-5,7-8,10-11,15,18H,3,6,9H2,1H3. The van der Waals surface area contributed by atoms with E-state index in [-0.39, 0.29) is 11.7 Å².